The van der Waals surface area contributed by atoms with Crippen LogP contribution >= 0.6 is 15.9 Å². The van der Waals surface area contributed by atoms with E-state index in [-0.39, 0.29) is 0 Å². The van der Waals surface area contributed by atoms with Crippen LogP contribution in [0.1, 0.15) is 12.7 Å². The van der Waals surface area contributed by atoms with Crippen molar-refractivity contribution in [3.8, 4) is 33.9 Å². The first kappa shape index (κ1) is 21.6. The van der Waals surface area contributed by atoms with E-state index in [0.717, 1.165) is 26.7 Å². The number of hydrogen-bond donors (Lipinski definition) is 0. The molecule has 1 aromatic heterocycles. The molecule has 0 saturated carbocycles. The molecule has 0 radical (unpaired) electrons. The van der Waals surface area contributed by atoms with E-state index in [1.807, 2.05) is 67.6 Å². The zero-order chi connectivity index (χ0) is 22.3. The highest BCUT2D eigenvalue weighted by molar-refractivity contribution is 9.10. The Morgan fingerprint density at radius 1 is 0.719 bits per heavy atom. The van der Waals surface area contributed by atoms with Gasteiger partial charge >= 0.3 is 0 Å². The lowest BCUT2D eigenvalue weighted by atomic mass is 10.0. The third-order valence-corrected chi connectivity index (χ3v) is 5.50. The molecule has 0 atom stereocenters. The molecular formula is C28H22BrN3. The van der Waals surface area contributed by atoms with Crippen molar-refractivity contribution < 1.29 is 0 Å². The molecule has 4 rings (SSSR count). The minimum Gasteiger partial charge on any atom is -0.208 e. The second kappa shape index (κ2) is 10.1. The van der Waals surface area contributed by atoms with Gasteiger partial charge in [0.1, 0.15) is 0 Å². The average molecular weight is 480 g/mol. The van der Waals surface area contributed by atoms with E-state index in [4.69, 9.17) is 15.0 Å². The minimum absolute atomic E-state index is 0.626. The summed E-state index contributed by atoms with van der Waals surface area (Å²) in [6.45, 7) is 5.73. The van der Waals surface area contributed by atoms with Crippen molar-refractivity contribution in [2.45, 2.75) is 6.92 Å². The van der Waals surface area contributed by atoms with Crippen molar-refractivity contribution >= 4 is 21.5 Å². The van der Waals surface area contributed by atoms with Gasteiger partial charge in [0.15, 0.2) is 17.5 Å². The molecule has 0 N–H and O–H groups in total. The summed E-state index contributed by atoms with van der Waals surface area (Å²) >= 11 is 3.49. The Hall–Kier alpha value is -3.63. The summed E-state index contributed by atoms with van der Waals surface area (Å²) in [5, 5.41) is 0. The molecule has 0 aliphatic heterocycles. The topological polar surface area (TPSA) is 38.7 Å². The fraction of sp³-hybridized carbons (Fsp3) is 0.0357. The summed E-state index contributed by atoms with van der Waals surface area (Å²) in [4.78, 5) is 14.3. The third kappa shape index (κ3) is 4.98. The van der Waals surface area contributed by atoms with Crippen LogP contribution in [0.3, 0.4) is 0 Å². The van der Waals surface area contributed by atoms with Crippen LogP contribution < -0.4 is 0 Å². The highest BCUT2D eigenvalue weighted by atomic mass is 79.9. The first-order valence-electron chi connectivity index (χ1n) is 10.3. The van der Waals surface area contributed by atoms with Crippen LogP contribution in [0, 0.1) is 0 Å². The number of allylic oxidation sites excluding steroid dienone is 5. The Bertz CT molecular complexity index is 1270. The molecule has 0 unspecified atom stereocenters. The number of benzene rings is 3. The van der Waals surface area contributed by atoms with Gasteiger partial charge in [-0.05, 0) is 30.2 Å². The zero-order valence-corrected chi connectivity index (χ0v) is 19.3. The van der Waals surface area contributed by atoms with Gasteiger partial charge in [0.2, 0.25) is 0 Å². The van der Waals surface area contributed by atoms with E-state index in [0.29, 0.717) is 17.5 Å². The summed E-state index contributed by atoms with van der Waals surface area (Å²) in [5.74, 6) is 1.90. The van der Waals surface area contributed by atoms with Crippen molar-refractivity contribution in [1.82, 2.24) is 15.0 Å². The third-order valence-electron chi connectivity index (χ3n) is 4.97. The minimum atomic E-state index is 0.626. The average Bonchev–Trinajstić information content (AvgIpc) is 2.85. The van der Waals surface area contributed by atoms with E-state index in [9.17, 15) is 0 Å². The van der Waals surface area contributed by atoms with Crippen LogP contribution in [0.5, 0.6) is 0 Å². The Morgan fingerprint density at radius 3 is 1.81 bits per heavy atom. The molecule has 4 heteroatoms. The van der Waals surface area contributed by atoms with E-state index in [1.54, 1.807) is 6.08 Å². The van der Waals surface area contributed by atoms with Gasteiger partial charge in [0, 0.05) is 21.2 Å². The monoisotopic (exact) mass is 479 g/mol. The first-order chi connectivity index (χ1) is 15.7. The quantitative estimate of drug-likeness (QED) is 0.265. The standard InChI is InChI=1S/C28H22BrN3/c1-3-5-9-20(4-2)26-30-27(32-28(31-26)24-16-18-25(29)19-17-24)23-14-12-22(13-15-23)21-10-7-6-8-11-21/h3-19H,1H2,2H3/b9-5-,20-4+. The maximum atomic E-state index is 4.79. The van der Waals surface area contributed by atoms with Crippen molar-refractivity contribution in [3.63, 3.8) is 0 Å². The molecule has 3 nitrogen and oxygen atoms in total. The summed E-state index contributed by atoms with van der Waals surface area (Å²) in [5.41, 5.74) is 5.11. The lowest BCUT2D eigenvalue weighted by Crippen LogP contribution is -2.02. The van der Waals surface area contributed by atoms with Gasteiger partial charge in [-0.25, -0.2) is 15.0 Å². The largest absolute Gasteiger partial charge is 0.208 e. The molecule has 0 aliphatic carbocycles. The Kier molecular flexibility index (Phi) is 6.83. The lowest BCUT2D eigenvalue weighted by Gasteiger charge is -2.09. The van der Waals surface area contributed by atoms with Gasteiger partial charge < -0.3 is 0 Å². The van der Waals surface area contributed by atoms with E-state index < -0.39 is 0 Å². The van der Waals surface area contributed by atoms with E-state index in [1.165, 1.54) is 5.56 Å². The fourth-order valence-electron chi connectivity index (χ4n) is 3.28. The van der Waals surface area contributed by atoms with Crippen LogP contribution in [0.4, 0.5) is 0 Å². The van der Waals surface area contributed by atoms with Crippen molar-refractivity contribution in [2.75, 3.05) is 0 Å². The van der Waals surface area contributed by atoms with Crippen molar-refractivity contribution in [2.24, 2.45) is 0 Å². The molecule has 156 valence electrons. The van der Waals surface area contributed by atoms with Crippen molar-refractivity contribution in [3.05, 3.63) is 120 Å². The smallest absolute Gasteiger partial charge is 0.164 e. The molecule has 1 heterocycles. The maximum absolute atomic E-state index is 4.79. The van der Waals surface area contributed by atoms with Crippen molar-refractivity contribution in [1.29, 1.82) is 0 Å². The van der Waals surface area contributed by atoms with Gasteiger partial charge in [0.25, 0.3) is 0 Å². The number of hydrogen-bond acceptors (Lipinski definition) is 3. The number of aromatic nitrogens is 3. The molecular weight excluding hydrogens is 458 g/mol. The first-order valence-corrected chi connectivity index (χ1v) is 11.1. The normalized spacial score (nSPS) is 11.6. The number of nitrogens with zero attached hydrogens (tertiary/aromatic N) is 3. The molecule has 0 fully saturated rings. The van der Waals surface area contributed by atoms with Crippen LogP contribution in [0.2, 0.25) is 0 Å². The van der Waals surface area contributed by atoms with Crippen LogP contribution in [-0.4, -0.2) is 15.0 Å². The van der Waals surface area contributed by atoms with Crippen LogP contribution in [0.15, 0.2) is 114 Å². The summed E-state index contributed by atoms with van der Waals surface area (Å²) in [6, 6.07) is 26.6. The molecule has 32 heavy (non-hydrogen) atoms. The predicted molar refractivity (Wildman–Crippen MR) is 137 cm³/mol. The lowest BCUT2D eigenvalue weighted by molar-refractivity contribution is 1.04. The summed E-state index contributed by atoms with van der Waals surface area (Å²) < 4.78 is 1.01. The van der Waals surface area contributed by atoms with Gasteiger partial charge in [-0.2, -0.15) is 0 Å². The summed E-state index contributed by atoms with van der Waals surface area (Å²) in [6.07, 6.45) is 7.56. The second-order valence-corrected chi connectivity index (χ2v) is 8.01. The van der Waals surface area contributed by atoms with Gasteiger partial charge in [-0.1, -0.05) is 114 Å². The fourth-order valence-corrected chi connectivity index (χ4v) is 3.54. The highest BCUT2D eigenvalue weighted by Gasteiger charge is 2.12. The van der Waals surface area contributed by atoms with E-state index >= 15 is 0 Å². The molecule has 4 aromatic rings. The van der Waals surface area contributed by atoms with Gasteiger partial charge in [-0.15, -0.1) is 0 Å². The van der Waals surface area contributed by atoms with Gasteiger partial charge in [-0.3, -0.25) is 0 Å². The summed E-state index contributed by atoms with van der Waals surface area (Å²) in [7, 11) is 0. The molecule has 0 bridgehead atoms. The van der Waals surface area contributed by atoms with Crippen LogP contribution in [0.25, 0.3) is 39.5 Å². The van der Waals surface area contributed by atoms with E-state index in [2.05, 4.69) is 58.9 Å². The molecule has 3 aromatic carbocycles. The molecule has 0 spiro atoms. The van der Waals surface area contributed by atoms with Crippen LogP contribution in [-0.2, 0) is 0 Å². The highest BCUT2D eigenvalue weighted by Crippen LogP contribution is 2.26. The second-order valence-electron chi connectivity index (χ2n) is 7.10. The molecule has 0 aliphatic rings. The maximum Gasteiger partial charge on any atom is 0.164 e. The van der Waals surface area contributed by atoms with Gasteiger partial charge in [0.05, 0.1) is 0 Å². The zero-order valence-electron chi connectivity index (χ0n) is 17.7. The molecule has 0 amide bonds. The number of rotatable bonds is 6. The molecule has 0 saturated heterocycles. The predicted octanol–water partition coefficient (Wildman–Crippen LogP) is 7.78. The Morgan fingerprint density at radius 2 is 1.25 bits per heavy atom. The SMILES string of the molecule is C=C/C=C\C(=C/C)c1nc(-c2ccc(Br)cc2)nc(-c2ccc(-c3ccccc3)cc2)n1. The Balaban J connectivity index is 1.81. The number of halogens is 1. The Labute approximate surface area is 197 Å².